The van der Waals surface area contributed by atoms with Gasteiger partial charge in [-0.25, -0.2) is 8.78 Å². The average Bonchev–Trinajstić information content (AvgIpc) is 2.27. The summed E-state index contributed by atoms with van der Waals surface area (Å²) in [6, 6.07) is 5.24. The Labute approximate surface area is 87.7 Å². The molecule has 0 aromatic heterocycles. The van der Waals surface area contributed by atoms with E-state index < -0.39 is 12.5 Å². The van der Waals surface area contributed by atoms with Gasteiger partial charge in [0.05, 0.1) is 6.10 Å². The van der Waals surface area contributed by atoms with Crippen LogP contribution in [-0.2, 0) is 0 Å². The van der Waals surface area contributed by atoms with Crippen LogP contribution in [0, 0.1) is 0 Å². The minimum absolute atomic E-state index is 0.0454. The fourth-order valence-electron chi connectivity index (χ4n) is 1.31. The van der Waals surface area contributed by atoms with Crippen molar-refractivity contribution >= 4 is 0 Å². The Morgan fingerprint density at radius 2 is 1.67 bits per heavy atom. The smallest absolute Gasteiger partial charge is 0.263 e. The van der Waals surface area contributed by atoms with Crippen LogP contribution in [0.25, 0.3) is 0 Å². The molecule has 0 spiro atoms. The summed E-state index contributed by atoms with van der Waals surface area (Å²) in [5.41, 5.74) is 6.18. The lowest BCUT2D eigenvalue weighted by atomic mass is 10.00. The fourth-order valence-corrected chi connectivity index (χ4v) is 1.31. The molecule has 0 radical (unpaired) electrons. The van der Waals surface area contributed by atoms with Crippen molar-refractivity contribution in [2.75, 3.05) is 0 Å². The summed E-state index contributed by atoms with van der Waals surface area (Å²) >= 11 is 0. The van der Waals surface area contributed by atoms with Gasteiger partial charge in [-0.3, -0.25) is 0 Å². The number of hydrogen-bond donors (Lipinski definition) is 2. The summed E-state index contributed by atoms with van der Waals surface area (Å²) in [6.45, 7) is 1.86. The van der Waals surface area contributed by atoms with Gasteiger partial charge < -0.3 is 10.8 Å². The molecule has 2 unspecified atom stereocenters. The van der Waals surface area contributed by atoms with Gasteiger partial charge in [0.15, 0.2) is 0 Å². The predicted octanol–water partition coefficient (Wildman–Crippen LogP) is 2.39. The largest absolute Gasteiger partial charge is 0.387 e. The highest BCUT2D eigenvalue weighted by Gasteiger charge is 2.15. The molecular formula is C11H15F2NO. The van der Waals surface area contributed by atoms with Gasteiger partial charge in [0, 0.05) is 11.6 Å². The molecule has 1 aromatic carbocycles. The maximum absolute atomic E-state index is 12.2. The predicted molar refractivity (Wildman–Crippen MR) is 54.6 cm³/mol. The molecule has 0 saturated carbocycles. The molecule has 4 heteroatoms. The van der Waals surface area contributed by atoms with Crippen LogP contribution in [-0.4, -0.2) is 11.1 Å². The van der Waals surface area contributed by atoms with E-state index >= 15 is 0 Å². The third-order valence-electron chi connectivity index (χ3n) is 2.41. The molecule has 0 amide bonds. The highest BCUT2D eigenvalue weighted by molar-refractivity contribution is 5.25. The molecule has 1 rings (SSSR count). The zero-order valence-electron chi connectivity index (χ0n) is 8.53. The van der Waals surface area contributed by atoms with Gasteiger partial charge in [-0.15, -0.1) is 0 Å². The molecule has 0 aliphatic heterocycles. The first-order valence-corrected chi connectivity index (χ1v) is 4.88. The minimum Gasteiger partial charge on any atom is -0.387 e. The molecule has 3 N–H and O–H groups in total. The first-order chi connectivity index (χ1) is 7.06. The van der Waals surface area contributed by atoms with Crippen molar-refractivity contribution in [3.05, 3.63) is 35.4 Å². The zero-order chi connectivity index (χ0) is 11.4. The molecule has 0 bridgehead atoms. The number of halogens is 2. The van der Waals surface area contributed by atoms with Gasteiger partial charge in [-0.2, -0.15) is 0 Å². The van der Waals surface area contributed by atoms with E-state index in [-0.39, 0.29) is 11.6 Å². The maximum Gasteiger partial charge on any atom is 0.263 e. The first-order valence-electron chi connectivity index (χ1n) is 4.88. The Hall–Kier alpha value is -1.00. The van der Waals surface area contributed by atoms with E-state index in [0.717, 1.165) is 0 Å². The highest BCUT2D eigenvalue weighted by Crippen LogP contribution is 2.22. The summed E-state index contributed by atoms with van der Waals surface area (Å²) in [6.07, 6.45) is -2.63. The van der Waals surface area contributed by atoms with Crippen LogP contribution < -0.4 is 5.73 Å². The van der Waals surface area contributed by atoms with E-state index in [4.69, 9.17) is 5.73 Å². The monoisotopic (exact) mass is 215 g/mol. The number of hydrogen-bond acceptors (Lipinski definition) is 2. The zero-order valence-corrected chi connectivity index (χ0v) is 8.53. The topological polar surface area (TPSA) is 46.2 Å². The summed E-state index contributed by atoms with van der Waals surface area (Å²) in [5.74, 6) is 0. The van der Waals surface area contributed by atoms with Gasteiger partial charge in [-0.1, -0.05) is 31.2 Å². The second-order valence-corrected chi connectivity index (χ2v) is 3.48. The fraction of sp³-hybridized carbons (Fsp3) is 0.455. The van der Waals surface area contributed by atoms with Crippen LogP contribution >= 0.6 is 0 Å². The quantitative estimate of drug-likeness (QED) is 0.810. The summed E-state index contributed by atoms with van der Waals surface area (Å²) in [4.78, 5) is 0. The molecule has 0 heterocycles. The molecule has 15 heavy (non-hydrogen) atoms. The number of aliphatic hydroxyl groups is 1. The number of alkyl halides is 2. The normalized spacial score (nSPS) is 15.3. The Morgan fingerprint density at radius 3 is 2.07 bits per heavy atom. The highest BCUT2D eigenvalue weighted by atomic mass is 19.3. The molecule has 2 nitrogen and oxygen atoms in total. The van der Waals surface area contributed by atoms with E-state index in [0.29, 0.717) is 12.0 Å². The molecule has 0 fully saturated rings. The van der Waals surface area contributed by atoms with Crippen molar-refractivity contribution in [3.63, 3.8) is 0 Å². The van der Waals surface area contributed by atoms with Crippen molar-refractivity contribution in [3.8, 4) is 0 Å². The Kier molecular flexibility index (Phi) is 4.17. The van der Waals surface area contributed by atoms with Crippen molar-refractivity contribution in [1.82, 2.24) is 0 Å². The molecule has 0 saturated heterocycles. The van der Waals surface area contributed by atoms with E-state index in [1.807, 2.05) is 6.92 Å². The Balaban J connectivity index is 2.79. The lowest BCUT2D eigenvalue weighted by Gasteiger charge is -2.17. The van der Waals surface area contributed by atoms with Gasteiger partial charge in [0.25, 0.3) is 6.43 Å². The molecule has 2 atom stereocenters. The number of benzene rings is 1. The van der Waals surface area contributed by atoms with E-state index in [9.17, 15) is 13.9 Å². The molecule has 84 valence electrons. The van der Waals surface area contributed by atoms with E-state index in [1.54, 1.807) is 0 Å². The summed E-state index contributed by atoms with van der Waals surface area (Å²) < 4.78 is 24.5. The molecule has 1 aromatic rings. The second-order valence-electron chi connectivity index (χ2n) is 3.48. The van der Waals surface area contributed by atoms with E-state index in [1.165, 1.54) is 24.3 Å². The Bertz CT molecular complexity index is 300. The van der Waals surface area contributed by atoms with E-state index in [2.05, 4.69) is 0 Å². The van der Waals surface area contributed by atoms with Crippen LogP contribution in [0.4, 0.5) is 8.78 Å². The molecule has 0 aliphatic carbocycles. The maximum atomic E-state index is 12.2. The lowest BCUT2D eigenvalue weighted by Crippen LogP contribution is -2.27. The first kappa shape index (κ1) is 12.1. The van der Waals surface area contributed by atoms with Gasteiger partial charge in [0.1, 0.15) is 0 Å². The van der Waals surface area contributed by atoms with Gasteiger partial charge in [-0.05, 0) is 12.0 Å². The van der Waals surface area contributed by atoms with Crippen molar-refractivity contribution < 1.29 is 13.9 Å². The van der Waals surface area contributed by atoms with Crippen LogP contribution in [0.15, 0.2) is 24.3 Å². The lowest BCUT2D eigenvalue weighted by molar-refractivity contribution is 0.142. The van der Waals surface area contributed by atoms with Crippen LogP contribution in [0.5, 0.6) is 0 Å². The van der Waals surface area contributed by atoms with Crippen LogP contribution in [0.2, 0.25) is 0 Å². The average molecular weight is 215 g/mol. The van der Waals surface area contributed by atoms with Gasteiger partial charge >= 0.3 is 0 Å². The third kappa shape index (κ3) is 2.97. The van der Waals surface area contributed by atoms with Gasteiger partial charge in [0.2, 0.25) is 0 Å². The SMILES string of the molecule is CCC(N)C(O)c1ccc(C(F)F)cc1. The minimum atomic E-state index is -2.48. The molecule has 0 aliphatic rings. The van der Waals surface area contributed by atoms with Crippen molar-refractivity contribution in [2.24, 2.45) is 5.73 Å². The van der Waals surface area contributed by atoms with Crippen LogP contribution in [0.3, 0.4) is 0 Å². The van der Waals surface area contributed by atoms with Crippen LogP contribution in [0.1, 0.15) is 37.0 Å². The Morgan fingerprint density at radius 1 is 1.20 bits per heavy atom. The molecular weight excluding hydrogens is 200 g/mol. The summed E-state index contributed by atoms with van der Waals surface area (Å²) in [7, 11) is 0. The van der Waals surface area contributed by atoms with Crippen molar-refractivity contribution in [2.45, 2.75) is 31.9 Å². The summed E-state index contributed by atoms with van der Waals surface area (Å²) in [5, 5.41) is 9.71. The number of rotatable bonds is 4. The second kappa shape index (κ2) is 5.19. The van der Waals surface area contributed by atoms with Crippen molar-refractivity contribution in [1.29, 1.82) is 0 Å². The standard InChI is InChI=1S/C11H15F2NO/c1-2-9(14)10(15)7-3-5-8(6-4-7)11(12)13/h3-6,9-11,15H,2,14H2,1H3. The third-order valence-corrected chi connectivity index (χ3v) is 2.41. The number of nitrogens with two attached hydrogens (primary N) is 1. The number of aliphatic hydroxyl groups excluding tert-OH is 1.